The number of nitrogens with zero attached hydrogens (tertiary/aromatic N) is 2. The maximum atomic E-state index is 6.84. The van der Waals surface area contributed by atoms with Crippen molar-refractivity contribution in [1.82, 2.24) is 4.57 Å². The van der Waals surface area contributed by atoms with E-state index < -0.39 is 0 Å². The van der Waals surface area contributed by atoms with Gasteiger partial charge >= 0.3 is 0 Å². The molecule has 0 aliphatic heterocycles. The first kappa shape index (κ1) is 30.7. The summed E-state index contributed by atoms with van der Waals surface area (Å²) in [6, 6.07) is 73.1. The molecule has 2 heterocycles. The molecule has 8 aromatic carbocycles. The van der Waals surface area contributed by atoms with Gasteiger partial charge in [0.05, 0.1) is 5.52 Å². The first-order valence-corrected chi connectivity index (χ1v) is 18.0. The van der Waals surface area contributed by atoms with Gasteiger partial charge in [-0.05, 0) is 94.5 Å². The van der Waals surface area contributed by atoms with E-state index in [0.717, 1.165) is 66.8 Å². The summed E-state index contributed by atoms with van der Waals surface area (Å²) in [6.07, 6.45) is 0. The molecule has 2 aromatic heterocycles. The standard InChI is InChI=1S/C50H34N2O/c1-4-14-35(15-5-1)37-26-30-41(31-27-37)51(43-21-12-18-39(34-43)36-16-6-2-7-17-36)42-32-28-38(29-33-42)44-23-13-24-46-48-50(53-49(44)46)45-22-10-11-25-47(45)52(48)40-19-8-3-9-20-40/h1-34H. The minimum atomic E-state index is 0.893. The lowest BCUT2D eigenvalue weighted by molar-refractivity contribution is 0.674. The predicted octanol–water partition coefficient (Wildman–Crippen LogP) is 14.0. The first-order valence-electron chi connectivity index (χ1n) is 18.0. The van der Waals surface area contributed by atoms with Crippen molar-refractivity contribution in [3.63, 3.8) is 0 Å². The largest absolute Gasteiger partial charge is 0.453 e. The van der Waals surface area contributed by atoms with Crippen LogP contribution in [-0.4, -0.2) is 4.57 Å². The van der Waals surface area contributed by atoms with Crippen molar-refractivity contribution in [1.29, 1.82) is 0 Å². The van der Waals surface area contributed by atoms with Gasteiger partial charge in [-0.1, -0.05) is 140 Å². The Labute approximate surface area is 308 Å². The second-order valence-corrected chi connectivity index (χ2v) is 13.4. The summed E-state index contributed by atoms with van der Waals surface area (Å²) in [6.45, 7) is 0. The Hall–Kier alpha value is -7.10. The topological polar surface area (TPSA) is 21.3 Å². The molecule has 0 fully saturated rings. The Morgan fingerprint density at radius 2 is 0.887 bits per heavy atom. The second kappa shape index (κ2) is 12.9. The van der Waals surface area contributed by atoms with E-state index in [4.69, 9.17) is 4.42 Å². The number of benzene rings is 8. The molecule has 0 amide bonds. The Bertz CT molecular complexity index is 2850. The van der Waals surface area contributed by atoms with Gasteiger partial charge in [0, 0.05) is 39.1 Å². The van der Waals surface area contributed by atoms with Gasteiger partial charge in [-0.15, -0.1) is 0 Å². The van der Waals surface area contributed by atoms with Gasteiger partial charge < -0.3 is 13.9 Å². The molecule has 0 saturated heterocycles. The summed E-state index contributed by atoms with van der Waals surface area (Å²) in [5.41, 5.74) is 15.3. The van der Waals surface area contributed by atoms with E-state index in [9.17, 15) is 0 Å². The molecule has 0 spiro atoms. The fraction of sp³-hybridized carbons (Fsp3) is 0. The quantitative estimate of drug-likeness (QED) is 0.167. The molecular formula is C50H34N2O. The summed E-state index contributed by atoms with van der Waals surface area (Å²) >= 11 is 0. The molecule has 0 N–H and O–H groups in total. The highest BCUT2D eigenvalue weighted by Gasteiger charge is 2.21. The van der Waals surface area contributed by atoms with Crippen LogP contribution in [0.5, 0.6) is 0 Å². The molecule has 0 radical (unpaired) electrons. The zero-order chi connectivity index (χ0) is 35.1. The Balaban J connectivity index is 1.09. The maximum absolute atomic E-state index is 6.84. The number of aromatic nitrogens is 1. The van der Waals surface area contributed by atoms with Crippen LogP contribution in [0.1, 0.15) is 0 Å². The molecule has 0 unspecified atom stereocenters. The van der Waals surface area contributed by atoms with Crippen LogP contribution < -0.4 is 4.90 Å². The summed E-state index contributed by atoms with van der Waals surface area (Å²) in [5, 5.41) is 2.20. The first-order chi connectivity index (χ1) is 26.3. The van der Waals surface area contributed by atoms with Crippen LogP contribution in [-0.2, 0) is 0 Å². The van der Waals surface area contributed by atoms with Crippen molar-refractivity contribution >= 4 is 50.0 Å². The highest BCUT2D eigenvalue weighted by molar-refractivity contribution is 6.18. The molecule has 250 valence electrons. The molecule has 0 saturated carbocycles. The van der Waals surface area contributed by atoms with E-state index >= 15 is 0 Å². The van der Waals surface area contributed by atoms with Crippen LogP contribution in [0.25, 0.3) is 72.0 Å². The van der Waals surface area contributed by atoms with Gasteiger partial charge in [0.1, 0.15) is 11.1 Å². The van der Waals surface area contributed by atoms with E-state index in [1.165, 1.54) is 22.3 Å². The molecule has 10 rings (SSSR count). The van der Waals surface area contributed by atoms with E-state index in [1.807, 2.05) is 0 Å². The lowest BCUT2D eigenvalue weighted by atomic mass is 10.0. The van der Waals surface area contributed by atoms with Crippen molar-refractivity contribution < 1.29 is 4.42 Å². The number of hydrogen-bond acceptors (Lipinski definition) is 2. The minimum Gasteiger partial charge on any atom is -0.453 e. The zero-order valence-corrected chi connectivity index (χ0v) is 28.9. The normalized spacial score (nSPS) is 11.4. The van der Waals surface area contributed by atoms with Crippen LogP contribution in [0.2, 0.25) is 0 Å². The van der Waals surface area contributed by atoms with E-state index in [1.54, 1.807) is 0 Å². The van der Waals surface area contributed by atoms with E-state index in [-0.39, 0.29) is 0 Å². The third-order valence-electron chi connectivity index (χ3n) is 10.2. The third-order valence-corrected chi connectivity index (χ3v) is 10.2. The highest BCUT2D eigenvalue weighted by atomic mass is 16.3. The van der Waals surface area contributed by atoms with Crippen LogP contribution >= 0.6 is 0 Å². The molecule has 0 aliphatic carbocycles. The van der Waals surface area contributed by atoms with Gasteiger partial charge in [-0.25, -0.2) is 0 Å². The minimum absolute atomic E-state index is 0.893. The molecule has 3 heteroatoms. The molecule has 3 nitrogen and oxygen atoms in total. The molecule has 0 bridgehead atoms. The van der Waals surface area contributed by atoms with Crippen molar-refractivity contribution in [2.75, 3.05) is 4.90 Å². The van der Waals surface area contributed by atoms with E-state index in [2.05, 4.69) is 216 Å². The van der Waals surface area contributed by atoms with Gasteiger partial charge in [-0.3, -0.25) is 0 Å². The second-order valence-electron chi connectivity index (χ2n) is 13.4. The van der Waals surface area contributed by atoms with E-state index in [0.29, 0.717) is 0 Å². The van der Waals surface area contributed by atoms with Crippen molar-refractivity contribution in [2.24, 2.45) is 0 Å². The number of anilines is 3. The van der Waals surface area contributed by atoms with Gasteiger partial charge in [0.2, 0.25) is 0 Å². The number of fused-ring (bicyclic) bond motifs is 5. The molecule has 0 atom stereocenters. The summed E-state index contributed by atoms with van der Waals surface area (Å²) in [5.74, 6) is 0. The Morgan fingerprint density at radius 1 is 0.358 bits per heavy atom. The SMILES string of the molecule is c1ccc(-c2ccc(N(c3ccc(-c4cccc5c4oc4c6ccccc6n(-c6ccccc6)c54)cc3)c3cccc(-c4ccccc4)c3)cc2)cc1. The third kappa shape index (κ3) is 5.38. The lowest BCUT2D eigenvalue weighted by Crippen LogP contribution is -2.10. The number of rotatable bonds is 7. The lowest BCUT2D eigenvalue weighted by Gasteiger charge is -2.26. The maximum Gasteiger partial charge on any atom is 0.161 e. The monoisotopic (exact) mass is 678 g/mol. The Kier molecular flexibility index (Phi) is 7.47. The fourth-order valence-corrected chi connectivity index (χ4v) is 7.69. The van der Waals surface area contributed by atoms with Gasteiger partial charge in [-0.2, -0.15) is 0 Å². The average molecular weight is 679 g/mol. The smallest absolute Gasteiger partial charge is 0.161 e. The van der Waals surface area contributed by atoms with Crippen molar-refractivity contribution in [3.05, 3.63) is 206 Å². The molecule has 0 aliphatic rings. The van der Waals surface area contributed by atoms with Crippen LogP contribution in [0.15, 0.2) is 211 Å². The van der Waals surface area contributed by atoms with Gasteiger partial charge in [0.25, 0.3) is 0 Å². The number of hydrogen-bond donors (Lipinski definition) is 0. The summed E-state index contributed by atoms with van der Waals surface area (Å²) < 4.78 is 9.17. The molecule has 53 heavy (non-hydrogen) atoms. The van der Waals surface area contributed by atoms with Crippen molar-refractivity contribution in [3.8, 4) is 39.1 Å². The van der Waals surface area contributed by atoms with Gasteiger partial charge in [0.15, 0.2) is 5.58 Å². The van der Waals surface area contributed by atoms with Crippen LogP contribution in [0.3, 0.4) is 0 Å². The summed E-state index contributed by atoms with van der Waals surface area (Å²) in [7, 11) is 0. The Morgan fingerprint density at radius 3 is 1.58 bits per heavy atom. The molecule has 10 aromatic rings. The summed E-state index contributed by atoms with van der Waals surface area (Å²) in [4.78, 5) is 2.33. The van der Waals surface area contributed by atoms with Crippen LogP contribution in [0.4, 0.5) is 17.1 Å². The predicted molar refractivity (Wildman–Crippen MR) is 222 cm³/mol. The molecular weight excluding hydrogens is 645 g/mol. The van der Waals surface area contributed by atoms with Crippen LogP contribution in [0, 0.1) is 0 Å². The average Bonchev–Trinajstić information content (AvgIpc) is 3.78. The highest BCUT2D eigenvalue weighted by Crippen LogP contribution is 2.43. The fourth-order valence-electron chi connectivity index (χ4n) is 7.69. The number of para-hydroxylation sites is 3. The van der Waals surface area contributed by atoms with Crippen molar-refractivity contribution in [2.45, 2.75) is 0 Å². The number of furan rings is 1. The zero-order valence-electron chi connectivity index (χ0n) is 28.9.